The Balaban J connectivity index is 1.54. The Labute approximate surface area is 184 Å². The van der Waals surface area contributed by atoms with E-state index in [2.05, 4.69) is 21.2 Å². The lowest BCUT2D eigenvalue weighted by atomic mass is 10.1. The Bertz CT molecular complexity index is 1240. The van der Waals surface area contributed by atoms with Gasteiger partial charge < -0.3 is 9.88 Å². The molecule has 30 heavy (non-hydrogen) atoms. The quantitative estimate of drug-likeness (QED) is 0.570. The van der Waals surface area contributed by atoms with Crippen molar-refractivity contribution in [2.45, 2.75) is 6.54 Å². The number of carbonyl (C=O) groups is 3. The lowest BCUT2D eigenvalue weighted by molar-refractivity contribution is -0.116. The number of pyridine rings is 1. The first kappa shape index (κ1) is 20.1. The van der Waals surface area contributed by atoms with Gasteiger partial charge in [-0.1, -0.05) is 23.7 Å². The second-order valence-corrected chi connectivity index (χ2v) is 7.84. The van der Waals surface area contributed by atoms with E-state index in [1.807, 2.05) is 0 Å². The molecule has 150 valence electrons. The maximum Gasteiger partial charge on any atom is 0.266 e. The Morgan fingerprint density at radius 2 is 1.63 bits per heavy atom. The number of benzene rings is 2. The van der Waals surface area contributed by atoms with Crippen LogP contribution in [0, 0.1) is 0 Å². The van der Waals surface area contributed by atoms with E-state index in [0.29, 0.717) is 21.3 Å². The van der Waals surface area contributed by atoms with Crippen LogP contribution in [0.1, 0.15) is 20.7 Å². The fraction of sp³-hybridized carbons (Fsp3) is 0.0476. The van der Waals surface area contributed by atoms with Gasteiger partial charge in [0, 0.05) is 22.4 Å². The fourth-order valence-electron chi connectivity index (χ4n) is 3.15. The molecule has 0 bridgehead atoms. The van der Waals surface area contributed by atoms with Gasteiger partial charge in [0.1, 0.15) is 6.54 Å². The minimum Gasteiger partial charge on any atom is -0.324 e. The Morgan fingerprint density at radius 3 is 2.27 bits per heavy atom. The number of imide groups is 1. The van der Waals surface area contributed by atoms with Crippen molar-refractivity contribution in [1.82, 2.24) is 4.57 Å². The van der Waals surface area contributed by atoms with Crippen molar-refractivity contribution in [1.29, 1.82) is 0 Å². The van der Waals surface area contributed by atoms with E-state index in [4.69, 9.17) is 11.6 Å². The van der Waals surface area contributed by atoms with Crippen molar-refractivity contribution in [3.05, 3.63) is 91.8 Å². The molecule has 2 aromatic carbocycles. The third-order valence-electron chi connectivity index (χ3n) is 4.53. The second kappa shape index (κ2) is 7.89. The number of nitrogens with one attached hydrogen (secondary N) is 1. The van der Waals surface area contributed by atoms with Crippen molar-refractivity contribution >= 4 is 56.6 Å². The standard InChI is InChI=1S/C21H13BrClN3O4/c22-12-5-8-19(28)25(10-12)11-18(27)24-13-6-7-17(16(23)9-13)26-20(29)14-3-1-2-4-15(14)21(26)30/h1-10H,11H2,(H,24,27). The van der Waals surface area contributed by atoms with E-state index >= 15 is 0 Å². The smallest absolute Gasteiger partial charge is 0.266 e. The first-order valence-electron chi connectivity index (χ1n) is 8.78. The minimum absolute atomic E-state index is 0.127. The summed E-state index contributed by atoms with van der Waals surface area (Å²) >= 11 is 9.57. The molecule has 4 rings (SSSR count). The van der Waals surface area contributed by atoms with Gasteiger partial charge in [0.2, 0.25) is 5.91 Å². The Morgan fingerprint density at radius 1 is 0.967 bits per heavy atom. The lowest BCUT2D eigenvalue weighted by Crippen LogP contribution is -2.29. The first-order chi connectivity index (χ1) is 14.3. The highest BCUT2D eigenvalue weighted by atomic mass is 79.9. The van der Waals surface area contributed by atoms with Gasteiger partial charge in [-0.2, -0.15) is 0 Å². The van der Waals surface area contributed by atoms with E-state index in [1.54, 1.807) is 30.3 Å². The third-order valence-corrected chi connectivity index (χ3v) is 5.30. The summed E-state index contributed by atoms with van der Waals surface area (Å²) in [5, 5.41) is 2.78. The number of rotatable bonds is 4. The highest BCUT2D eigenvalue weighted by molar-refractivity contribution is 9.10. The van der Waals surface area contributed by atoms with E-state index in [1.165, 1.54) is 35.0 Å². The zero-order chi connectivity index (χ0) is 21.4. The van der Waals surface area contributed by atoms with Crippen LogP contribution in [0.3, 0.4) is 0 Å². The molecule has 1 aromatic heterocycles. The van der Waals surface area contributed by atoms with Crippen LogP contribution in [0.4, 0.5) is 11.4 Å². The summed E-state index contributed by atoms with van der Waals surface area (Å²) in [6, 6.07) is 14.0. The summed E-state index contributed by atoms with van der Waals surface area (Å²) in [7, 11) is 0. The number of fused-ring (bicyclic) bond motifs is 1. The second-order valence-electron chi connectivity index (χ2n) is 6.52. The van der Waals surface area contributed by atoms with Crippen LogP contribution in [-0.4, -0.2) is 22.3 Å². The number of nitrogens with zero attached hydrogens (tertiary/aromatic N) is 2. The minimum atomic E-state index is -0.455. The topological polar surface area (TPSA) is 88.5 Å². The molecule has 3 aromatic rings. The number of amides is 3. The number of anilines is 2. The highest BCUT2D eigenvalue weighted by Crippen LogP contribution is 2.34. The van der Waals surface area contributed by atoms with Gasteiger partial charge in [0.25, 0.3) is 17.4 Å². The summed E-state index contributed by atoms with van der Waals surface area (Å²) < 4.78 is 1.93. The van der Waals surface area contributed by atoms with E-state index < -0.39 is 17.7 Å². The van der Waals surface area contributed by atoms with Gasteiger partial charge in [0.05, 0.1) is 21.8 Å². The molecule has 9 heteroatoms. The largest absolute Gasteiger partial charge is 0.324 e. The molecule has 1 aliphatic rings. The van der Waals surface area contributed by atoms with Gasteiger partial charge in [-0.25, -0.2) is 4.90 Å². The molecule has 0 fully saturated rings. The summed E-state index contributed by atoms with van der Waals surface area (Å²) in [5.74, 6) is -1.34. The van der Waals surface area contributed by atoms with Gasteiger partial charge in [-0.3, -0.25) is 19.2 Å². The maximum absolute atomic E-state index is 12.6. The third kappa shape index (κ3) is 3.67. The van der Waals surface area contributed by atoms with Crippen LogP contribution < -0.4 is 15.8 Å². The van der Waals surface area contributed by atoms with Gasteiger partial charge in [-0.15, -0.1) is 0 Å². The fourth-order valence-corrected chi connectivity index (χ4v) is 3.80. The van der Waals surface area contributed by atoms with Gasteiger partial charge in [0.15, 0.2) is 0 Å². The van der Waals surface area contributed by atoms with Gasteiger partial charge >= 0.3 is 0 Å². The van der Waals surface area contributed by atoms with Crippen LogP contribution in [-0.2, 0) is 11.3 Å². The predicted octanol–water partition coefficient (Wildman–Crippen LogP) is 3.70. The van der Waals surface area contributed by atoms with E-state index in [-0.39, 0.29) is 22.8 Å². The van der Waals surface area contributed by atoms with E-state index in [9.17, 15) is 19.2 Å². The van der Waals surface area contributed by atoms with Crippen molar-refractivity contribution < 1.29 is 14.4 Å². The number of halogens is 2. The first-order valence-corrected chi connectivity index (χ1v) is 9.95. The summed E-state index contributed by atoms with van der Waals surface area (Å²) in [6.45, 7) is -0.184. The molecule has 0 saturated carbocycles. The Kier molecular flexibility index (Phi) is 5.27. The molecule has 0 aliphatic carbocycles. The highest BCUT2D eigenvalue weighted by Gasteiger charge is 2.37. The molecular weight excluding hydrogens is 474 g/mol. The number of aromatic nitrogens is 1. The normalized spacial score (nSPS) is 12.8. The monoisotopic (exact) mass is 485 g/mol. The number of hydrogen-bond donors (Lipinski definition) is 1. The summed E-state index contributed by atoms with van der Waals surface area (Å²) in [4.78, 5) is 50.4. The predicted molar refractivity (Wildman–Crippen MR) is 116 cm³/mol. The van der Waals surface area contributed by atoms with Crippen LogP contribution in [0.5, 0.6) is 0 Å². The molecule has 3 amide bonds. The molecule has 1 N–H and O–H groups in total. The molecule has 2 heterocycles. The molecule has 0 unspecified atom stereocenters. The molecule has 1 aliphatic heterocycles. The molecule has 7 nitrogen and oxygen atoms in total. The van der Waals surface area contributed by atoms with Crippen molar-refractivity contribution in [3.8, 4) is 0 Å². The van der Waals surface area contributed by atoms with Crippen LogP contribution in [0.15, 0.2) is 70.1 Å². The Hall–Kier alpha value is -3.23. The van der Waals surface area contributed by atoms with Gasteiger partial charge in [-0.05, 0) is 52.3 Å². The average molecular weight is 487 g/mol. The van der Waals surface area contributed by atoms with Crippen LogP contribution in [0.2, 0.25) is 5.02 Å². The lowest BCUT2D eigenvalue weighted by Gasteiger charge is -2.16. The SMILES string of the molecule is O=C(Cn1cc(Br)ccc1=O)Nc1ccc(N2C(=O)c3ccccc3C2=O)c(Cl)c1. The number of hydrogen-bond acceptors (Lipinski definition) is 4. The van der Waals surface area contributed by atoms with E-state index in [0.717, 1.165) is 4.90 Å². The molecule has 0 radical (unpaired) electrons. The maximum atomic E-state index is 12.6. The summed E-state index contributed by atoms with van der Waals surface area (Å²) in [5.41, 5.74) is 0.913. The zero-order valence-corrected chi connectivity index (χ0v) is 17.6. The molecule has 0 spiro atoms. The molecular formula is C21H13BrClN3O4. The average Bonchev–Trinajstić information content (AvgIpc) is 2.96. The van der Waals surface area contributed by atoms with Crippen molar-refractivity contribution in [2.75, 3.05) is 10.2 Å². The van der Waals surface area contributed by atoms with Crippen molar-refractivity contribution in [2.24, 2.45) is 0 Å². The van der Waals surface area contributed by atoms with Crippen molar-refractivity contribution in [3.63, 3.8) is 0 Å². The molecule has 0 atom stereocenters. The summed E-state index contributed by atoms with van der Waals surface area (Å²) in [6.07, 6.45) is 1.51. The molecule has 0 saturated heterocycles. The van der Waals surface area contributed by atoms with Crippen LogP contribution in [0.25, 0.3) is 0 Å². The van der Waals surface area contributed by atoms with Crippen LogP contribution >= 0.6 is 27.5 Å². The zero-order valence-electron chi connectivity index (χ0n) is 15.3. The number of carbonyl (C=O) groups excluding carboxylic acids is 3.